The van der Waals surface area contributed by atoms with E-state index in [1.165, 1.54) is 64.3 Å². The number of allylic oxidation sites excluding steroid dienone is 2. The SMILES string of the molecule is CC(=O)C(COC(=O)c1cncn1[C@H](C)c1ccccc1)C1C=COC=C1.CC(=O)C1CC1OC(=O)c1cncn1[C@H](C)c1ccccc1.CC(=O)C1CCCC1OC(=O)c1cncn1[C@H](C)c1ccccc1.CC(=O)C1CCCCC1OC(=O)c1cncn1[C@H](C)c1ccccc1.CC(=O)c1ccccc1OC(=O)c1cncn1[C@H](C)c1ccccc1. The predicted octanol–water partition coefficient (Wildman–Crippen LogP) is 17.3. The maximum atomic E-state index is 12.7. The van der Waals surface area contributed by atoms with Crippen LogP contribution in [0.15, 0.2) is 263 Å². The van der Waals surface area contributed by atoms with E-state index in [-0.39, 0.29) is 113 Å². The molecule has 26 heteroatoms. The summed E-state index contributed by atoms with van der Waals surface area (Å²) in [6, 6.07) is 55.9. The third-order valence-electron chi connectivity index (χ3n) is 22.7. The number of nitrogens with zero attached hydrogens (tertiary/aromatic N) is 10. The molecule has 0 bridgehead atoms. The van der Waals surface area contributed by atoms with Crippen molar-refractivity contribution in [1.29, 1.82) is 0 Å². The molecule has 7 unspecified atom stereocenters. The van der Waals surface area contributed by atoms with Crippen molar-refractivity contribution in [2.75, 3.05) is 6.61 Å². The number of hydrogen-bond acceptors (Lipinski definition) is 21. The molecule has 12 atom stereocenters. The number of para-hydroxylation sites is 1. The average molecular weight is 1670 g/mol. The van der Waals surface area contributed by atoms with Crippen LogP contribution in [-0.2, 0) is 42.9 Å². The Balaban J connectivity index is 0.000000150. The second-order valence-corrected chi connectivity index (χ2v) is 30.9. The lowest BCUT2D eigenvalue weighted by Crippen LogP contribution is -2.34. The number of hydrogen-bond donors (Lipinski definition) is 0. The Bertz CT molecular complexity index is 5450. The van der Waals surface area contributed by atoms with E-state index >= 15 is 0 Å². The summed E-state index contributed by atoms with van der Waals surface area (Å²) in [5.41, 5.74) is 7.68. The van der Waals surface area contributed by atoms with Crippen LogP contribution in [0, 0.1) is 29.6 Å². The molecule has 3 saturated carbocycles. The minimum absolute atomic E-state index is 0.00158. The van der Waals surface area contributed by atoms with Gasteiger partial charge in [-0.2, -0.15) is 0 Å². The van der Waals surface area contributed by atoms with Gasteiger partial charge in [0.05, 0.1) is 135 Å². The lowest BCUT2D eigenvalue weighted by atomic mass is 9.84. The molecule has 0 N–H and O–H groups in total. The Morgan fingerprint density at radius 2 is 0.675 bits per heavy atom. The zero-order valence-electron chi connectivity index (χ0n) is 70.7. The number of esters is 5. The maximum Gasteiger partial charge on any atom is 0.362 e. The zero-order chi connectivity index (χ0) is 87.6. The van der Waals surface area contributed by atoms with Gasteiger partial charge in [-0.05, 0) is 166 Å². The first-order chi connectivity index (χ1) is 59.4. The summed E-state index contributed by atoms with van der Waals surface area (Å²) < 4.78 is 41.6. The van der Waals surface area contributed by atoms with E-state index in [1.807, 2.05) is 195 Å². The summed E-state index contributed by atoms with van der Waals surface area (Å²) >= 11 is 0. The van der Waals surface area contributed by atoms with Gasteiger partial charge in [0.1, 0.15) is 82.3 Å². The van der Waals surface area contributed by atoms with Crippen LogP contribution >= 0.6 is 0 Å². The van der Waals surface area contributed by atoms with Crippen LogP contribution in [0.1, 0.15) is 241 Å². The highest BCUT2D eigenvalue weighted by Crippen LogP contribution is 2.37. The molecule has 6 aromatic carbocycles. The van der Waals surface area contributed by atoms with Gasteiger partial charge in [0.25, 0.3) is 0 Å². The van der Waals surface area contributed by atoms with E-state index in [9.17, 15) is 47.9 Å². The van der Waals surface area contributed by atoms with Gasteiger partial charge in [-0.25, -0.2) is 48.9 Å². The quantitative estimate of drug-likeness (QED) is 0.0200. The molecule has 3 fully saturated rings. The summed E-state index contributed by atoms with van der Waals surface area (Å²) in [6.07, 6.45) is 28.0. The third kappa shape index (κ3) is 23.7. The minimum atomic E-state index is -0.547. The molecule has 26 nitrogen and oxygen atoms in total. The normalized spacial score (nSPS) is 18.2. The highest BCUT2D eigenvalue weighted by atomic mass is 16.6. The Morgan fingerprint density at radius 1 is 0.366 bits per heavy atom. The summed E-state index contributed by atoms with van der Waals surface area (Å²) in [7, 11) is 0. The summed E-state index contributed by atoms with van der Waals surface area (Å²) in [4.78, 5) is 142. The molecule has 638 valence electrons. The van der Waals surface area contributed by atoms with Crippen LogP contribution < -0.4 is 4.74 Å². The van der Waals surface area contributed by atoms with Crippen molar-refractivity contribution in [2.45, 2.75) is 169 Å². The van der Waals surface area contributed by atoms with Gasteiger partial charge in [0.2, 0.25) is 0 Å². The van der Waals surface area contributed by atoms with E-state index in [2.05, 4.69) is 24.9 Å². The maximum absolute atomic E-state index is 12.7. The third-order valence-corrected chi connectivity index (χ3v) is 22.7. The number of ether oxygens (including phenoxy) is 6. The molecule has 4 aliphatic rings. The molecule has 3 aliphatic carbocycles. The number of carbonyl (C=O) groups is 10. The molecule has 0 saturated heterocycles. The molecule has 6 heterocycles. The summed E-state index contributed by atoms with van der Waals surface area (Å²) in [5, 5.41) is 0. The highest BCUT2D eigenvalue weighted by molar-refractivity contribution is 5.99. The van der Waals surface area contributed by atoms with Crippen LogP contribution in [0.2, 0.25) is 0 Å². The first kappa shape index (κ1) is 90.1. The van der Waals surface area contributed by atoms with Crippen molar-refractivity contribution in [2.24, 2.45) is 29.6 Å². The fraction of sp³-hybridized carbons (Fsp3) is 0.330. The van der Waals surface area contributed by atoms with E-state index in [0.29, 0.717) is 40.5 Å². The van der Waals surface area contributed by atoms with Crippen molar-refractivity contribution in [3.8, 4) is 5.75 Å². The smallest absolute Gasteiger partial charge is 0.362 e. The molecule has 15 rings (SSSR count). The van der Waals surface area contributed by atoms with Gasteiger partial charge in [-0.1, -0.05) is 170 Å². The van der Waals surface area contributed by atoms with E-state index in [0.717, 1.165) is 72.8 Å². The molecule has 0 spiro atoms. The molecule has 1 aliphatic heterocycles. The van der Waals surface area contributed by atoms with Gasteiger partial charge in [-0.3, -0.25) is 24.0 Å². The van der Waals surface area contributed by atoms with Crippen molar-refractivity contribution in [3.63, 3.8) is 0 Å². The number of benzene rings is 6. The van der Waals surface area contributed by atoms with Crippen molar-refractivity contribution in [3.05, 3.63) is 325 Å². The lowest BCUT2D eigenvalue weighted by Gasteiger charge is -2.29. The van der Waals surface area contributed by atoms with Crippen LogP contribution in [0.5, 0.6) is 5.75 Å². The molecular formula is C97H104N10O16. The van der Waals surface area contributed by atoms with Crippen molar-refractivity contribution in [1.82, 2.24) is 47.8 Å². The standard InChI is InChI=1S/C21H22N2O4.C20H24N2O3.C20H18N2O3.C19H22N2O3.C17H18N2O3/c1-15(17-6-4-3-5-7-17)23-14-22-12-20(23)21(25)27-13-19(16(2)24)18-8-10-26-11-9-18;2*1-14(16-8-4-3-5-9-16)22-13-21-12-18(22)20(24)25-19-11-7-6-10-17(19)15(2)23;1-13(15-7-4-3-5-8-15)21-12-20-11-17(21)19(23)24-18-10-6-9-16(18)14(2)22;1-11(13-6-4-3-5-7-13)19-10-18-9-15(19)17(21)22-16-8-14(16)12(2)20/h3-12,14-15,18-19H,13H2,1-2H3;3-5,8-9,12-14,17,19H,6-7,10-11H2,1-2H3;3-14H,1-2H3;3-5,7-8,11-13,16,18H,6,9-10H2,1-2H3;3-7,9-11,14,16H,8H2,1-2H3/t15-,19?;14-,17?,19?;14-;13-,16?,18?;11-,14?,16?/m11111/s1. The molecule has 0 radical (unpaired) electrons. The van der Waals surface area contributed by atoms with Gasteiger partial charge in [0.15, 0.2) is 5.78 Å². The fourth-order valence-electron chi connectivity index (χ4n) is 15.3. The number of Topliss-reactive ketones (excluding diaryl/α,β-unsaturated/α-hetero) is 5. The number of aromatic nitrogens is 10. The largest absolute Gasteiger partial charge is 0.473 e. The summed E-state index contributed by atoms with van der Waals surface area (Å²) in [5.74, 6) is -3.06. The molecule has 5 aromatic heterocycles. The van der Waals surface area contributed by atoms with Crippen LogP contribution in [0.4, 0.5) is 0 Å². The Kier molecular flexibility index (Phi) is 31.9. The second kappa shape index (κ2) is 43.5. The monoisotopic (exact) mass is 1660 g/mol. The Morgan fingerprint density at radius 3 is 1.02 bits per heavy atom. The Hall–Kier alpha value is -13.7. The zero-order valence-corrected chi connectivity index (χ0v) is 70.7. The number of carbonyl (C=O) groups excluding carboxylic acids is 10. The van der Waals surface area contributed by atoms with Crippen molar-refractivity contribution < 1.29 is 76.4 Å². The van der Waals surface area contributed by atoms with Gasteiger partial charge in [0, 0.05) is 5.92 Å². The topological polar surface area (TPSA) is 315 Å². The molecule has 123 heavy (non-hydrogen) atoms. The minimum Gasteiger partial charge on any atom is -0.473 e. The number of rotatable bonds is 27. The summed E-state index contributed by atoms with van der Waals surface area (Å²) in [6.45, 7) is 17.6. The van der Waals surface area contributed by atoms with Gasteiger partial charge >= 0.3 is 29.8 Å². The Labute approximate surface area is 715 Å². The van der Waals surface area contributed by atoms with Gasteiger partial charge < -0.3 is 51.3 Å². The van der Waals surface area contributed by atoms with Gasteiger partial charge in [-0.15, -0.1) is 0 Å². The fourth-order valence-corrected chi connectivity index (χ4v) is 15.3. The first-order valence-electron chi connectivity index (χ1n) is 41.3. The number of imidazole rings is 5. The van der Waals surface area contributed by atoms with Crippen LogP contribution in [0.3, 0.4) is 0 Å². The predicted molar refractivity (Wildman–Crippen MR) is 458 cm³/mol. The lowest BCUT2D eigenvalue weighted by molar-refractivity contribution is -0.126. The van der Waals surface area contributed by atoms with E-state index in [4.69, 9.17) is 28.4 Å². The average Bonchev–Trinajstić information content (AvgIpc) is 1.64. The second-order valence-electron chi connectivity index (χ2n) is 30.9. The molecule has 0 amide bonds. The molecule has 11 aromatic rings. The van der Waals surface area contributed by atoms with E-state index in [1.54, 1.807) is 95.6 Å². The van der Waals surface area contributed by atoms with Crippen LogP contribution in [-0.4, -0.2) is 131 Å². The van der Waals surface area contributed by atoms with E-state index < -0.39 is 35.8 Å². The van der Waals surface area contributed by atoms with Crippen LogP contribution in [0.25, 0.3) is 0 Å². The molecular weight excluding hydrogens is 1560 g/mol. The van der Waals surface area contributed by atoms with Crippen molar-refractivity contribution >= 4 is 58.8 Å². The first-order valence-corrected chi connectivity index (χ1v) is 41.3. The number of ketones is 5. The highest BCUT2D eigenvalue weighted by Gasteiger charge is 2.45.